The number of sulfonamides is 1. The topological polar surface area (TPSA) is 173 Å². The fraction of sp³-hybridized carbons (Fsp3) is 0.289. The number of amides is 3. The van der Waals surface area contributed by atoms with E-state index in [2.05, 4.69) is 15.6 Å². The van der Waals surface area contributed by atoms with Crippen molar-refractivity contribution >= 4 is 56.5 Å². The van der Waals surface area contributed by atoms with Crippen LogP contribution in [0.4, 0.5) is 15.3 Å². The van der Waals surface area contributed by atoms with Crippen molar-refractivity contribution in [2.45, 2.75) is 43.4 Å². The molecule has 14 nitrogen and oxygen atoms in total. The minimum atomic E-state index is -4.43. The van der Waals surface area contributed by atoms with Gasteiger partial charge in [0.15, 0.2) is 6.04 Å². The Morgan fingerprint density at radius 3 is 1.91 bits per heavy atom. The third-order valence-electron chi connectivity index (χ3n) is 8.55. The van der Waals surface area contributed by atoms with Gasteiger partial charge < -0.3 is 19.1 Å². The number of fused-ring (bicyclic) bond motifs is 1. The molecule has 15 heteroatoms. The van der Waals surface area contributed by atoms with E-state index in [1.807, 2.05) is 37.2 Å². The Morgan fingerprint density at radius 2 is 1.34 bits per heavy atom. The van der Waals surface area contributed by atoms with Gasteiger partial charge in [-0.3, -0.25) is 20.4 Å². The van der Waals surface area contributed by atoms with Crippen LogP contribution >= 0.6 is 0 Å². The van der Waals surface area contributed by atoms with Gasteiger partial charge in [0.25, 0.3) is 10.0 Å². The van der Waals surface area contributed by atoms with Crippen molar-refractivity contribution in [1.29, 1.82) is 0 Å². The van der Waals surface area contributed by atoms with Crippen molar-refractivity contribution in [2.24, 2.45) is 10.9 Å². The summed E-state index contributed by atoms with van der Waals surface area (Å²) in [5.74, 6) is -2.71. The van der Waals surface area contributed by atoms with E-state index in [9.17, 15) is 27.6 Å². The van der Waals surface area contributed by atoms with E-state index in [1.165, 1.54) is 6.07 Å². The third kappa shape index (κ3) is 9.29. The van der Waals surface area contributed by atoms with Gasteiger partial charge in [-0.25, -0.2) is 27.1 Å². The number of nitrogens with zero attached hydrogens (tertiary/aromatic N) is 3. The molecule has 2 N–H and O–H groups in total. The fourth-order valence-corrected chi connectivity index (χ4v) is 7.74. The number of benzene rings is 4. The van der Waals surface area contributed by atoms with Crippen LogP contribution in [0, 0.1) is 5.92 Å². The summed E-state index contributed by atoms with van der Waals surface area (Å²) in [5, 5.41) is 5.94. The molecule has 0 radical (unpaired) electrons. The van der Waals surface area contributed by atoms with Crippen molar-refractivity contribution in [2.75, 3.05) is 32.6 Å². The molecule has 4 aromatic carbocycles. The number of alkyl carbamates (subject to hydrolysis) is 2. The van der Waals surface area contributed by atoms with Gasteiger partial charge in [-0.1, -0.05) is 91.3 Å². The van der Waals surface area contributed by atoms with Crippen molar-refractivity contribution in [1.82, 2.24) is 14.9 Å². The van der Waals surface area contributed by atoms with Crippen LogP contribution in [0.15, 0.2) is 107 Å². The number of carbonyl (C=O) groups is 4. The molecule has 0 spiro atoms. The molecule has 2 atom stereocenters. The van der Waals surface area contributed by atoms with Crippen LogP contribution in [0.5, 0.6) is 0 Å². The van der Waals surface area contributed by atoms with Crippen molar-refractivity contribution in [3.05, 3.63) is 108 Å². The summed E-state index contributed by atoms with van der Waals surface area (Å²) >= 11 is 0. The summed E-state index contributed by atoms with van der Waals surface area (Å²) in [4.78, 5) is 57.5. The maximum atomic E-state index is 14.0. The van der Waals surface area contributed by atoms with Crippen molar-refractivity contribution < 1.29 is 41.8 Å². The molecular formula is C38H41N5O9S. The Labute approximate surface area is 307 Å². The van der Waals surface area contributed by atoms with Crippen LogP contribution in [-0.4, -0.2) is 76.5 Å². The van der Waals surface area contributed by atoms with Gasteiger partial charge in [0, 0.05) is 37.1 Å². The van der Waals surface area contributed by atoms with E-state index < -0.39 is 46.0 Å². The van der Waals surface area contributed by atoms with Crippen LogP contribution in [0.1, 0.15) is 30.4 Å². The zero-order chi connectivity index (χ0) is 38.0. The van der Waals surface area contributed by atoms with E-state index in [4.69, 9.17) is 14.2 Å². The number of ether oxygens (including phenoxy) is 3. The SMILES string of the molecule is COC(=O)[C@@H]1[C@@H](CCCCN=C(NC(=O)OCc2ccccc2)NC(=O)OCc2ccccc2)C(=O)N1S(=O)(=O)c1cccc2c(N(C)C)cccc12. The number of esters is 1. The van der Waals surface area contributed by atoms with Crippen LogP contribution in [0.2, 0.25) is 0 Å². The average molecular weight is 744 g/mol. The molecule has 278 valence electrons. The number of hydrogen-bond acceptors (Lipinski definition) is 11. The van der Waals surface area contributed by atoms with Gasteiger partial charge in [-0.2, -0.15) is 0 Å². The fourth-order valence-electron chi connectivity index (χ4n) is 5.92. The lowest BCUT2D eigenvalue weighted by atomic mass is 9.86. The van der Waals surface area contributed by atoms with Gasteiger partial charge in [-0.05, 0) is 36.1 Å². The first-order valence-corrected chi connectivity index (χ1v) is 18.3. The summed E-state index contributed by atoms with van der Waals surface area (Å²) in [6.45, 7) is 0.0579. The van der Waals surface area contributed by atoms with Gasteiger partial charge in [0.1, 0.15) is 13.2 Å². The monoisotopic (exact) mass is 743 g/mol. The van der Waals surface area contributed by atoms with Crippen molar-refractivity contribution in [3.8, 4) is 0 Å². The number of rotatable bonds is 13. The van der Waals surface area contributed by atoms with Gasteiger partial charge in [0.05, 0.1) is 17.9 Å². The molecule has 3 amide bonds. The molecule has 1 fully saturated rings. The third-order valence-corrected chi connectivity index (χ3v) is 10.4. The molecule has 0 aromatic heterocycles. The summed E-state index contributed by atoms with van der Waals surface area (Å²) < 4.78 is 44.0. The summed E-state index contributed by atoms with van der Waals surface area (Å²) in [7, 11) is 0.388. The second-order valence-electron chi connectivity index (χ2n) is 12.3. The van der Waals surface area contributed by atoms with E-state index >= 15 is 0 Å². The normalized spacial score (nSPS) is 15.2. The largest absolute Gasteiger partial charge is 0.467 e. The maximum Gasteiger partial charge on any atom is 0.414 e. The number of β-lactam (4-membered cyclic amide) rings is 1. The summed E-state index contributed by atoms with van der Waals surface area (Å²) in [6, 6.07) is 26.8. The lowest BCUT2D eigenvalue weighted by Gasteiger charge is -2.44. The summed E-state index contributed by atoms with van der Waals surface area (Å²) in [6.07, 6.45) is -0.850. The highest BCUT2D eigenvalue weighted by molar-refractivity contribution is 7.90. The molecule has 4 aromatic rings. The Kier molecular flexibility index (Phi) is 12.6. The zero-order valence-corrected chi connectivity index (χ0v) is 30.4. The van der Waals surface area contributed by atoms with Gasteiger partial charge in [-0.15, -0.1) is 0 Å². The highest BCUT2D eigenvalue weighted by Gasteiger charge is 2.57. The van der Waals surface area contributed by atoms with Crippen LogP contribution in [-0.2, 0) is 47.0 Å². The highest BCUT2D eigenvalue weighted by atomic mass is 32.2. The minimum absolute atomic E-state index is 0.0143. The van der Waals surface area contributed by atoms with E-state index in [-0.39, 0.29) is 37.0 Å². The number of hydrogen-bond donors (Lipinski definition) is 2. The molecule has 1 aliphatic heterocycles. The number of guanidine groups is 1. The minimum Gasteiger partial charge on any atom is -0.467 e. The first-order chi connectivity index (χ1) is 25.5. The predicted molar refractivity (Wildman–Crippen MR) is 197 cm³/mol. The quantitative estimate of drug-likeness (QED) is 0.0475. The number of anilines is 1. The molecule has 1 aliphatic rings. The maximum absolute atomic E-state index is 14.0. The number of aliphatic imine (C=N–C) groups is 1. The smallest absolute Gasteiger partial charge is 0.414 e. The Hall–Kier alpha value is -5.96. The second-order valence-corrected chi connectivity index (χ2v) is 14.1. The van der Waals surface area contributed by atoms with Crippen LogP contribution in [0.25, 0.3) is 10.8 Å². The first-order valence-electron chi connectivity index (χ1n) is 16.9. The Balaban J connectivity index is 1.23. The molecule has 0 saturated carbocycles. The molecule has 0 aliphatic carbocycles. The molecule has 0 unspecified atom stereocenters. The molecule has 5 rings (SSSR count). The van der Waals surface area contributed by atoms with E-state index in [0.29, 0.717) is 27.9 Å². The second kappa shape index (κ2) is 17.5. The standard InChI is InChI=1S/C38H41N5O9S/c1-42(2)31-21-12-20-29-28(31)19-13-22-32(29)53(48,49)43-33(35(45)50-3)30(34(43)44)18-10-11-23-39-36(40-37(46)51-24-26-14-6-4-7-15-26)41-38(47)52-25-27-16-8-5-9-17-27/h4-9,12-17,19-22,30,33H,10-11,18,23-25H2,1-3H3,(H2,39,40,41,46,47)/t30-,33+/m1/s1. The van der Waals surface area contributed by atoms with E-state index in [0.717, 1.165) is 23.9 Å². The molecule has 1 saturated heterocycles. The highest BCUT2D eigenvalue weighted by Crippen LogP contribution is 2.39. The zero-order valence-electron chi connectivity index (χ0n) is 29.6. The Bertz CT molecular complexity index is 2020. The number of nitrogens with one attached hydrogen (secondary N) is 2. The van der Waals surface area contributed by atoms with Crippen molar-refractivity contribution in [3.63, 3.8) is 0 Å². The summed E-state index contributed by atoms with van der Waals surface area (Å²) in [5.41, 5.74) is 2.31. The Morgan fingerprint density at radius 1 is 0.774 bits per heavy atom. The number of methoxy groups -OCH3 is 1. The molecular weight excluding hydrogens is 703 g/mol. The van der Waals surface area contributed by atoms with Gasteiger partial charge >= 0.3 is 18.2 Å². The average Bonchev–Trinajstić information content (AvgIpc) is 3.16. The first kappa shape index (κ1) is 38.3. The molecule has 0 bridgehead atoms. The molecule has 1 heterocycles. The lowest BCUT2D eigenvalue weighted by Crippen LogP contribution is -2.66. The van der Waals surface area contributed by atoms with Gasteiger partial charge in [0.2, 0.25) is 11.9 Å². The lowest BCUT2D eigenvalue weighted by molar-refractivity contribution is -0.165. The predicted octanol–water partition coefficient (Wildman–Crippen LogP) is 4.97. The number of carbonyl (C=O) groups excluding carboxylic acids is 4. The van der Waals surface area contributed by atoms with Crippen LogP contribution < -0.4 is 15.5 Å². The van der Waals surface area contributed by atoms with E-state index in [1.54, 1.807) is 72.8 Å². The number of unbranched alkanes of at least 4 members (excludes halogenated alkanes) is 1. The van der Waals surface area contributed by atoms with Crippen LogP contribution in [0.3, 0.4) is 0 Å². The molecule has 53 heavy (non-hydrogen) atoms.